The van der Waals surface area contributed by atoms with Gasteiger partial charge in [0.1, 0.15) is 17.2 Å². The topological polar surface area (TPSA) is 63.2 Å². The molecule has 0 unspecified atom stereocenters. The highest BCUT2D eigenvalue weighted by atomic mass is 32.2. The molecule has 0 atom stereocenters. The molecule has 1 N–H and O–H groups in total. The van der Waals surface area contributed by atoms with Crippen LogP contribution in [0.25, 0.3) is 0 Å². The summed E-state index contributed by atoms with van der Waals surface area (Å²) in [6.07, 6.45) is 0. The fraction of sp³-hybridized carbons (Fsp3) is 0.278. The quantitative estimate of drug-likeness (QED) is 0.900. The number of rotatable bonds is 3. The molecular formula is C18H19F2NO3S. The van der Waals surface area contributed by atoms with Crippen LogP contribution in [0.2, 0.25) is 0 Å². The molecule has 25 heavy (non-hydrogen) atoms. The number of benzene rings is 2. The lowest BCUT2D eigenvalue weighted by molar-refractivity contribution is 0.0973. The van der Waals surface area contributed by atoms with Crippen molar-refractivity contribution in [1.82, 2.24) is 4.72 Å². The predicted molar refractivity (Wildman–Crippen MR) is 90.9 cm³/mol. The van der Waals surface area contributed by atoms with Gasteiger partial charge in [0.05, 0.1) is 4.90 Å². The predicted octanol–water partition coefficient (Wildman–Crippen LogP) is 3.69. The average molecular weight is 367 g/mol. The summed E-state index contributed by atoms with van der Waals surface area (Å²) >= 11 is 0. The Balaban J connectivity index is 2.45. The van der Waals surface area contributed by atoms with Crippen molar-refractivity contribution in [2.45, 2.75) is 38.0 Å². The Morgan fingerprint density at radius 2 is 1.60 bits per heavy atom. The van der Waals surface area contributed by atoms with Gasteiger partial charge in [-0.3, -0.25) is 4.79 Å². The van der Waals surface area contributed by atoms with Crippen molar-refractivity contribution >= 4 is 15.9 Å². The maximum atomic E-state index is 13.7. The van der Waals surface area contributed by atoms with E-state index >= 15 is 0 Å². The van der Waals surface area contributed by atoms with Gasteiger partial charge >= 0.3 is 0 Å². The van der Waals surface area contributed by atoms with Crippen LogP contribution in [0.4, 0.5) is 8.78 Å². The van der Waals surface area contributed by atoms with Gasteiger partial charge in [-0.15, -0.1) is 0 Å². The van der Waals surface area contributed by atoms with E-state index in [9.17, 15) is 22.0 Å². The molecule has 0 saturated carbocycles. The van der Waals surface area contributed by atoms with Gasteiger partial charge in [-0.25, -0.2) is 21.9 Å². The van der Waals surface area contributed by atoms with Gasteiger partial charge in [0.15, 0.2) is 0 Å². The molecule has 134 valence electrons. The molecule has 7 heteroatoms. The van der Waals surface area contributed by atoms with Gasteiger partial charge in [-0.1, -0.05) is 39.0 Å². The van der Waals surface area contributed by atoms with E-state index in [1.165, 1.54) is 6.07 Å². The Kier molecular flexibility index (Phi) is 4.99. The number of hydrogen-bond donors (Lipinski definition) is 1. The molecule has 0 aliphatic carbocycles. The maximum Gasteiger partial charge on any atom is 0.270 e. The Bertz CT molecular complexity index is 912. The largest absolute Gasteiger partial charge is 0.270 e. The van der Waals surface area contributed by atoms with Crippen LogP contribution in [0.1, 0.15) is 42.3 Å². The first-order valence-electron chi connectivity index (χ1n) is 7.56. The lowest BCUT2D eigenvalue weighted by Gasteiger charge is -2.21. The number of nitrogens with one attached hydrogen (secondary N) is 1. The highest BCUT2D eigenvalue weighted by Crippen LogP contribution is 2.26. The lowest BCUT2D eigenvalue weighted by atomic mass is 9.87. The Morgan fingerprint density at radius 1 is 1.04 bits per heavy atom. The molecule has 1 amide bonds. The van der Waals surface area contributed by atoms with Crippen molar-refractivity contribution in [2.75, 3.05) is 0 Å². The van der Waals surface area contributed by atoms with E-state index < -0.39 is 33.1 Å². The van der Waals surface area contributed by atoms with Gasteiger partial charge in [-0.2, -0.15) is 0 Å². The van der Waals surface area contributed by atoms with E-state index in [2.05, 4.69) is 0 Å². The summed E-state index contributed by atoms with van der Waals surface area (Å²) in [5.74, 6) is -3.61. The average Bonchev–Trinajstić information content (AvgIpc) is 2.45. The molecule has 0 radical (unpaired) electrons. The monoisotopic (exact) mass is 367 g/mol. The fourth-order valence-electron chi connectivity index (χ4n) is 2.30. The van der Waals surface area contributed by atoms with Gasteiger partial charge < -0.3 is 0 Å². The molecule has 4 nitrogen and oxygen atoms in total. The second-order valence-corrected chi connectivity index (χ2v) is 8.41. The van der Waals surface area contributed by atoms with Crippen molar-refractivity contribution in [3.8, 4) is 0 Å². The summed E-state index contributed by atoms with van der Waals surface area (Å²) in [4.78, 5) is 12.0. The number of carbonyl (C=O) groups excluding carboxylic acids is 1. The summed E-state index contributed by atoms with van der Waals surface area (Å²) in [6.45, 7) is 7.33. The summed E-state index contributed by atoms with van der Waals surface area (Å²) in [5.41, 5.74) is -0.0689. The van der Waals surface area contributed by atoms with Crippen LogP contribution in [0.3, 0.4) is 0 Å². The number of amides is 1. The molecule has 0 aliphatic rings. The molecule has 0 aliphatic heterocycles. The molecule has 0 bridgehead atoms. The van der Waals surface area contributed by atoms with E-state index in [4.69, 9.17) is 0 Å². The van der Waals surface area contributed by atoms with E-state index in [0.717, 1.165) is 23.8 Å². The van der Waals surface area contributed by atoms with Crippen molar-refractivity contribution in [3.63, 3.8) is 0 Å². The second kappa shape index (κ2) is 6.55. The first kappa shape index (κ1) is 19.1. The van der Waals surface area contributed by atoms with Crippen molar-refractivity contribution < 1.29 is 22.0 Å². The maximum absolute atomic E-state index is 13.7. The standard InChI is InChI=1S/C18H19F2NO3S/c1-11-8-9-12(18(2,3)4)10-15(11)25(23,24)21-17(22)16-13(19)6-5-7-14(16)20/h5-10H,1-4H3,(H,21,22). The van der Waals surface area contributed by atoms with Crippen LogP contribution in [0.5, 0.6) is 0 Å². The molecule has 0 aromatic heterocycles. The van der Waals surface area contributed by atoms with Crippen molar-refractivity contribution in [1.29, 1.82) is 0 Å². The van der Waals surface area contributed by atoms with Crippen LogP contribution in [-0.2, 0) is 15.4 Å². The minimum absolute atomic E-state index is 0.106. The Hall–Kier alpha value is -2.28. The highest BCUT2D eigenvalue weighted by Gasteiger charge is 2.26. The number of carbonyl (C=O) groups is 1. The zero-order valence-corrected chi connectivity index (χ0v) is 15.2. The van der Waals surface area contributed by atoms with Crippen LogP contribution in [0, 0.1) is 18.6 Å². The zero-order valence-electron chi connectivity index (χ0n) is 14.4. The minimum atomic E-state index is -4.29. The van der Waals surface area contributed by atoms with Gasteiger partial charge in [0, 0.05) is 0 Å². The summed E-state index contributed by atoms with van der Waals surface area (Å²) < 4.78 is 54.2. The zero-order chi connectivity index (χ0) is 19.0. The summed E-state index contributed by atoms with van der Waals surface area (Å²) in [5, 5.41) is 0. The van der Waals surface area contributed by atoms with Crippen molar-refractivity contribution in [3.05, 3.63) is 64.7 Å². The van der Waals surface area contributed by atoms with Crippen LogP contribution < -0.4 is 4.72 Å². The molecule has 2 rings (SSSR count). The van der Waals surface area contributed by atoms with Crippen molar-refractivity contribution in [2.24, 2.45) is 0 Å². The number of aryl methyl sites for hydroxylation is 1. The van der Waals surface area contributed by atoms with Gasteiger partial charge in [0.2, 0.25) is 0 Å². The summed E-state index contributed by atoms with van der Waals surface area (Å²) in [6, 6.07) is 7.75. The number of sulfonamides is 1. The second-order valence-electron chi connectivity index (χ2n) is 6.76. The third kappa shape index (κ3) is 4.04. The number of hydrogen-bond acceptors (Lipinski definition) is 3. The SMILES string of the molecule is Cc1ccc(C(C)(C)C)cc1S(=O)(=O)NC(=O)c1c(F)cccc1F. The first-order chi connectivity index (χ1) is 11.4. The van der Waals surface area contributed by atoms with E-state index in [-0.39, 0.29) is 10.3 Å². The van der Waals surface area contributed by atoms with Crippen LogP contribution in [0.15, 0.2) is 41.3 Å². The minimum Gasteiger partial charge on any atom is -0.268 e. The normalized spacial score (nSPS) is 12.1. The first-order valence-corrected chi connectivity index (χ1v) is 9.04. The smallest absolute Gasteiger partial charge is 0.268 e. The van der Waals surface area contributed by atoms with Gasteiger partial charge in [0.25, 0.3) is 15.9 Å². The Labute approximate surface area is 145 Å². The molecule has 2 aromatic rings. The molecule has 0 spiro atoms. The molecular weight excluding hydrogens is 348 g/mol. The molecule has 0 saturated heterocycles. The van der Waals surface area contributed by atoms with Crippen LogP contribution >= 0.6 is 0 Å². The van der Waals surface area contributed by atoms with E-state index in [1.54, 1.807) is 23.8 Å². The molecule has 2 aromatic carbocycles. The fourth-order valence-corrected chi connectivity index (χ4v) is 3.53. The Morgan fingerprint density at radius 3 is 2.12 bits per heavy atom. The van der Waals surface area contributed by atoms with E-state index in [1.807, 2.05) is 20.8 Å². The third-order valence-electron chi connectivity index (χ3n) is 3.76. The van der Waals surface area contributed by atoms with Crippen LogP contribution in [-0.4, -0.2) is 14.3 Å². The number of halogens is 2. The molecule has 0 heterocycles. The highest BCUT2D eigenvalue weighted by molar-refractivity contribution is 7.90. The summed E-state index contributed by atoms with van der Waals surface area (Å²) in [7, 11) is -4.29. The molecule has 0 fully saturated rings. The third-order valence-corrected chi connectivity index (χ3v) is 5.23. The van der Waals surface area contributed by atoms with Gasteiger partial charge in [-0.05, 0) is 41.7 Å². The van der Waals surface area contributed by atoms with E-state index in [0.29, 0.717) is 5.56 Å². The lowest BCUT2D eigenvalue weighted by Crippen LogP contribution is -2.32.